The number of allylic oxidation sites excluding steroid dienone is 3. The van der Waals surface area contributed by atoms with Crippen LogP contribution in [0.15, 0.2) is 24.3 Å². The predicted octanol–water partition coefficient (Wildman–Crippen LogP) is 9.47. The standard InChI is InChI=1S/C49H93NO12S/c1-3-5-7-9-11-13-15-17-18-19-20-21-22-23-24-26-28-30-32-34-36-38-43(53)48(56)50-41(42(52)37-35-33-31-29-27-25-16-14-12-10-8-6-4-2)40-60-49-46(55)47(62-63(57,58)59)45(54)44(39-51)61-49/h22-23,35,37,41-47,49,51-55H,3-21,24-34,36,38-40H2,1-2H3,(H,50,56)(H,57,58,59)/b23-22-,37-35+. The molecule has 63 heavy (non-hydrogen) atoms. The molecule has 1 rings (SSSR count). The number of aliphatic hydroxyl groups excluding tert-OH is 5. The fourth-order valence-electron chi connectivity index (χ4n) is 8.04. The van der Waals surface area contributed by atoms with Crippen LogP contribution >= 0.6 is 0 Å². The Morgan fingerprint density at radius 3 is 1.48 bits per heavy atom. The third-order valence-corrected chi connectivity index (χ3v) is 12.5. The monoisotopic (exact) mass is 920 g/mol. The number of carbonyl (C=O) groups is 1. The Kier molecular flexibility index (Phi) is 37.5. The van der Waals surface area contributed by atoms with Crippen molar-refractivity contribution in [1.29, 1.82) is 0 Å². The summed E-state index contributed by atoms with van der Waals surface area (Å²) < 4.78 is 47.6. The lowest BCUT2D eigenvalue weighted by Crippen LogP contribution is -2.61. The third-order valence-electron chi connectivity index (χ3n) is 12.1. The van der Waals surface area contributed by atoms with Gasteiger partial charge in [0, 0.05) is 0 Å². The maximum atomic E-state index is 13.1. The molecule has 1 fully saturated rings. The van der Waals surface area contributed by atoms with Crippen LogP contribution in [0.4, 0.5) is 0 Å². The minimum Gasteiger partial charge on any atom is -0.394 e. The predicted molar refractivity (Wildman–Crippen MR) is 251 cm³/mol. The number of aliphatic hydroxyl groups is 5. The molecular formula is C49H93NO12S. The Balaban J connectivity index is 2.49. The summed E-state index contributed by atoms with van der Waals surface area (Å²) in [6.45, 7) is 3.22. The number of hydrogen-bond donors (Lipinski definition) is 7. The van der Waals surface area contributed by atoms with Gasteiger partial charge in [-0.05, 0) is 44.9 Å². The van der Waals surface area contributed by atoms with Crippen molar-refractivity contribution in [2.45, 2.75) is 268 Å². The van der Waals surface area contributed by atoms with Crippen LogP contribution in [0.3, 0.4) is 0 Å². The van der Waals surface area contributed by atoms with E-state index in [4.69, 9.17) is 9.47 Å². The first-order valence-electron chi connectivity index (χ1n) is 25.3. The van der Waals surface area contributed by atoms with E-state index in [9.17, 15) is 43.3 Å². The topological polar surface area (TPSA) is 212 Å². The van der Waals surface area contributed by atoms with Gasteiger partial charge in [-0.2, -0.15) is 8.42 Å². The molecule has 0 aromatic rings. The molecule has 1 heterocycles. The number of amides is 1. The molecule has 7 N–H and O–H groups in total. The molecule has 1 amide bonds. The SMILES string of the molecule is CCCCCCCCCCCCC/C=C\CCCCCCCCC(O)C(=O)NC(COC1OC(CO)C(O)C(OS(=O)(=O)O)C1O)C(O)/C=C/CCCCCCCCCCCCC. The maximum absolute atomic E-state index is 13.1. The smallest absolute Gasteiger partial charge is 0.394 e. The van der Waals surface area contributed by atoms with Crippen LogP contribution in [0.2, 0.25) is 0 Å². The minimum absolute atomic E-state index is 0.237. The average molecular weight is 920 g/mol. The molecule has 0 saturated carbocycles. The summed E-state index contributed by atoms with van der Waals surface area (Å²) >= 11 is 0. The van der Waals surface area contributed by atoms with Gasteiger partial charge in [0.05, 0.1) is 25.4 Å². The van der Waals surface area contributed by atoms with E-state index in [0.717, 1.165) is 57.8 Å². The average Bonchev–Trinajstić information content (AvgIpc) is 3.25. The molecule has 0 radical (unpaired) electrons. The van der Waals surface area contributed by atoms with Crippen molar-refractivity contribution >= 4 is 16.3 Å². The maximum Gasteiger partial charge on any atom is 0.397 e. The Morgan fingerprint density at radius 1 is 0.635 bits per heavy atom. The van der Waals surface area contributed by atoms with E-state index in [1.165, 1.54) is 134 Å². The molecule has 14 heteroatoms. The Labute approximate surface area is 383 Å². The summed E-state index contributed by atoms with van der Waals surface area (Å²) in [5.74, 6) is -0.706. The molecule has 1 saturated heterocycles. The summed E-state index contributed by atoms with van der Waals surface area (Å²) in [5.41, 5.74) is 0. The quantitative estimate of drug-likeness (QED) is 0.0173. The van der Waals surface area contributed by atoms with Crippen LogP contribution in [-0.4, -0.2) is 107 Å². The molecule has 372 valence electrons. The van der Waals surface area contributed by atoms with E-state index in [1.807, 2.05) is 6.08 Å². The number of unbranched alkanes of at least 4 members (excludes halogenated alkanes) is 28. The van der Waals surface area contributed by atoms with Crippen molar-refractivity contribution in [3.8, 4) is 0 Å². The Morgan fingerprint density at radius 2 is 1.05 bits per heavy atom. The van der Waals surface area contributed by atoms with Crippen molar-refractivity contribution < 1.29 is 57.0 Å². The molecule has 0 aliphatic carbocycles. The summed E-state index contributed by atoms with van der Waals surface area (Å²) in [4.78, 5) is 13.1. The van der Waals surface area contributed by atoms with Gasteiger partial charge in [-0.15, -0.1) is 0 Å². The van der Waals surface area contributed by atoms with E-state index in [1.54, 1.807) is 0 Å². The van der Waals surface area contributed by atoms with E-state index < -0.39 is 78.5 Å². The van der Waals surface area contributed by atoms with Crippen molar-refractivity contribution in [2.75, 3.05) is 13.2 Å². The number of ether oxygens (including phenoxy) is 2. The van der Waals surface area contributed by atoms with Crippen LogP contribution in [0.25, 0.3) is 0 Å². The minimum atomic E-state index is -5.12. The first-order chi connectivity index (χ1) is 30.4. The molecule has 8 unspecified atom stereocenters. The number of rotatable bonds is 43. The summed E-state index contributed by atoms with van der Waals surface area (Å²) in [6, 6.07) is -1.12. The Bertz CT molecular complexity index is 1240. The molecule has 0 aromatic carbocycles. The molecule has 0 aromatic heterocycles. The van der Waals surface area contributed by atoms with Crippen LogP contribution in [0, 0.1) is 0 Å². The molecular weight excluding hydrogens is 827 g/mol. The summed E-state index contributed by atoms with van der Waals surface area (Å²) in [7, 11) is -5.12. The van der Waals surface area contributed by atoms with Crippen molar-refractivity contribution in [3.05, 3.63) is 24.3 Å². The van der Waals surface area contributed by atoms with E-state index in [-0.39, 0.29) is 6.42 Å². The number of nitrogens with one attached hydrogen (secondary N) is 1. The number of carbonyl (C=O) groups excluding carboxylic acids is 1. The normalized spacial score (nSPS) is 21.0. The van der Waals surface area contributed by atoms with Gasteiger partial charge in [-0.1, -0.05) is 199 Å². The van der Waals surface area contributed by atoms with Gasteiger partial charge in [-0.3, -0.25) is 9.35 Å². The van der Waals surface area contributed by atoms with Crippen LogP contribution in [0.1, 0.15) is 219 Å². The van der Waals surface area contributed by atoms with Crippen molar-refractivity contribution in [1.82, 2.24) is 5.32 Å². The fraction of sp³-hybridized carbons (Fsp3) is 0.898. The zero-order valence-corrected chi connectivity index (χ0v) is 40.3. The largest absolute Gasteiger partial charge is 0.397 e. The van der Waals surface area contributed by atoms with Gasteiger partial charge in [-0.25, -0.2) is 4.18 Å². The van der Waals surface area contributed by atoms with Gasteiger partial charge in [0.15, 0.2) is 6.29 Å². The highest BCUT2D eigenvalue weighted by molar-refractivity contribution is 7.80. The highest BCUT2D eigenvalue weighted by Crippen LogP contribution is 2.26. The van der Waals surface area contributed by atoms with Crippen LogP contribution < -0.4 is 5.32 Å². The second-order valence-electron chi connectivity index (χ2n) is 17.9. The Hall–Kier alpha value is -1.46. The van der Waals surface area contributed by atoms with Gasteiger partial charge in [0.25, 0.3) is 0 Å². The van der Waals surface area contributed by atoms with Crippen LogP contribution in [0.5, 0.6) is 0 Å². The second-order valence-corrected chi connectivity index (χ2v) is 18.9. The zero-order valence-electron chi connectivity index (χ0n) is 39.5. The molecule has 0 bridgehead atoms. The van der Waals surface area contributed by atoms with Crippen molar-refractivity contribution in [3.63, 3.8) is 0 Å². The lowest BCUT2D eigenvalue weighted by Gasteiger charge is -2.41. The fourth-order valence-corrected chi connectivity index (χ4v) is 8.55. The lowest BCUT2D eigenvalue weighted by atomic mass is 9.99. The third kappa shape index (κ3) is 32.0. The van der Waals surface area contributed by atoms with E-state index >= 15 is 0 Å². The number of hydrogen-bond acceptors (Lipinski definition) is 11. The van der Waals surface area contributed by atoms with Crippen molar-refractivity contribution in [2.24, 2.45) is 0 Å². The van der Waals surface area contributed by atoms with Gasteiger partial charge >= 0.3 is 10.4 Å². The first kappa shape index (κ1) is 59.6. The lowest BCUT2D eigenvalue weighted by molar-refractivity contribution is -0.298. The molecule has 0 spiro atoms. The van der Waals surface area contributed by atoms with Crippen LogP contribution in [-0.2, 0) is 28.9 Å². The van der Waals surface area contributed by atoms with Gasteiger partial charge in [0.1, 0.15) is 30.5 Å². The first-order valence-corrected chi connectivity index (χ1v) is 26.7. The van der Waals surface area contributed by atoms with E-state index in [2.05, 4.69) is 35.5 Å². The molecule has 8 atom stereocenters. The van der Waals surface area contributed by atoms with Gasteiger partial charge in [0.2, 0.25) is 5.91 Å². The molecule has 1 aliphatic heterocycles. The summed E-state index contributed by atoms with van der Waals surface area (Å²) in [5, 5.41) is 55.3. The molecule has 13 nitrogen and oxygen atoms in total. The second kappa shape index (κ2) is 39.7. The summed E-state index contributed by atoms with van der Waals surface area (Å²) in [6.07, 6.45) is 34.0. The highest BCUT2D eigenvalue weighted by atomic mass is 32.3. The highest BCUT2D eigenvalue weighted by Gasteiger charge is 2.48. The van der Waals surface area contributed by atoms with E-state index in [0.29, 0.717) is 12.8 Å². The molecule has 1 aliphatic rings. The van der Waals surface area contributed by atoms with Gasteiger partial charge < -0.3 is 40.3 Å². The zero-order chi connectivity index (χ0) is 46.4.